The molecule has 1 saturated heterocycles. The third kappa shape index (κ3) is 22.2. The van der Waals surface area contributed by atoms with Crippen LogP contribution in [0.3, 0.4) is 0 Å². The molecule has 1 fully saturated rings. The summed E-state index contributed by atoms with van der Waals surface area (Å²) < 4.78 is 0. The van der Waals surface area contributed by atoms with Crippen molar-refractivity contribution in [2.45, 2.75) is 188 Å². The van der Waals surface area contributed by atoms with Gasteiger partial charge in [-0.3, -0.25) is 52.7 Å². The first-order valence-electron chi connectivity index (χ1n) is 25.4. The van der Waals surface area contributed by atoms with E-state index in [4.69, 9.17) is 17.2 Å². The van der Waals surface area contributed by atoms with Crippen molar-refractivity contribution in [3.63, 3.8) is 0 Å². The summed E-state index contributed by atoms with van der Waals surface area (Å²) in [6.07, 6.45) is 2.68. The Morgan fingerprint density at radius 2 is 1.14 bits per heavy atom. The summed E-state index contributed by atoms with van der Waals surface area (Å²) in [5.41, 5.74) is 16.5. The van der Waals surface area contributed by atoms with Gasteiger partial charge >= 0.3 is 0 Å². The molecule has 0 aromatic rings. The van der Waals surface area contributed by atoms with Crippen LogP contribution in [0.5, 0.6) is 0 Å². The van der Waals surface area contributed by atoms with Crippen LogP contribution in [0.25, 0.3) is 0 Å². The van der Waals surface area contributed by atoms with Gasteiger partial charge in [-0.2, -0.15) is 0 Å². The van der Waals surface area contributed by atoms with Crippen molar-refractivity contribution in [1.29, 1.82) is 0 Å². The van der Waals surface area contributed by atoms with Gasteiger partial charge in [0, 0.05) is 44.8 Å². The van der Waals surface area contributed by atoms with Gasteiger partial charge in [0.05, 0.1) is 13.2 Å². The topological polar surface area (TPSA) is 386 Å². The van der Waals surface area contributed by atoms with Crippen LogP contribution in [-0.2, 0) is 52.7 Å². The Kier molecular flexibility index (Phi) is 29.3. The maximum absolute atomic E-state index is 14.0. The molecule has 0 saturated carbocycles. The maximum atomic E-state index is 14.0. The van der Waals surface area contributed by atoms with Gasteiger partial charge in [0.25, 0.3) is 0 Å². The Labute approximate surface area is 424 Å². The van der Waals surface area contributed by atoms with Crippen LogP contribution in [-0.4, -0.2) is 150 Å². The molecule has 24 nitrogen and oxygen atoms in total. The van der Waals surface area contributed by atoms with Crippen LogP contribution in [0, 0.1) is 23.7 Å². The van der Waals surface area contributed by atoms with E-state index < -0.39 is 126 Å². The second-order valence-corrected chi connectivity index (χ2v) is 19.3. The van der Waals surface area contributed by atoms with Gasteiger partial charge in [0.1, 0.15) is 36.3 Å². The molecule has 15 N–H and O–H groups in total. The summed E-state index contributed by atoms with van der Waals surface area (Å²) in [5.74, 6) is -8.69. The molecule has 1 heterocycles. The summed E-state index contributed by atoms with van der Waals surface area (Å²) >= 11 is 0. The number of nitrogens with two attached hydrogens (primary N) is 3. The number of amides is 11. The van der Waals surface area contributed by atoms with E-state index in [1.54, 1.807) is 34.6 Å². The van der Waals surface area contributed by atoms with Crippen molar-refractivity contribution in [2.24, 2.45) is 40.9 Å². The molecule has 24 heteroatoms. The molecule has 0 spiro atoms. The lowest BCUT2D eigenvalue weighted by molar-refractivity contribution is -0.138. The number of unbranched alkanes of at least 4 members (excludes halogenated alkanes) is 1. The fourth-order valence-corrected chi connectivity index (χ4v) is 7.97. The normalized spacial score (nSPS) is 17.5. The van der Waals surface area contributed by atoms with Crippen molar-refractivity contribution in [1.82, 2.24) is 47.4 Å². The Morgan fingerprint density at radius 1 is 0.611 bits per heavy atom. The number of aliphatic hydroxyl groups excluding tert-OH is 1. The van der Waals surface area contributed by atoms with Crippen LogP contribution >= 0.6 is 0 Å². The molecule has 0 aromatic carbocycles. The molecular weight excluding hydrogens is 937 g/mol. The van der Waals surface area contributed by atoms with Crippen LogP contribution < -0.4 is 59.7 Å². The molecule has 0 aromatic heterocycles. The third-order valence-electron chi connectivity index (χ3n) is 13.4. The number of carbonyl (C=O) groups excluding carboxylic acids is 11. The van der Waals surface area contributed by atoms with Gasteiger partial charge in [-0.05, 0) is 68.7 Å². The average Bonchev–Trinajstić information content (AvgIpc) is 3.84. The largest absolute Gasteiger partial charge is 0.394 e. The number of likely N-dealkylation sites (tertiary alicyclic amines) is 1. The summed E-state index contributed by atoms with van der Waals surface area (Å²) in [5, 5.41) is 31.2. The maximum Gasteiger partial charge on any atom is 0.245 e. The van der Waals surface area contributed by atoms with Crippen molar-refractivity contribution < 1.29 is 57.8 Å². The van der Waals surface area contributed by atoms with E-state index in [9.17, 15) is 57.8 Å². The Hall–Kier alpha value is -5.91. The first-order chi connectivity index (χ1) is 33.8. The predicted molar refractivity (Wildman–Crippen MR) is 267 cm³/mol. The van der Waals surface area contributed by atoms with E-state index in [0.717, 1.165) is 0 Å². The number of hydrogen-bond donors (Lipinski definition) is 12. The number of hydrogen-bond acceptors (Lipinski definition) is 13. The van der Waals surface area contributed by atoms with Gasteiger partial charge in [-0.15, -0.1) is 0 Å². The highest BCUT2D eigenvalue weighted by molar-refractivity contribution is 5.96. The zero-order chi connectivity index (χ0) is 54.8. The van der Waals surface area contributed by atoms with E-state index in [1.165, 1.54) is 11.8 Å². The van der Waals surface area contributed by atoms with Gasteiger partial charge in [0.2, 0.25) is 65.0 Å². The first-order valence-corrected chi connectivity index (χ1v) is 25.4. The Morgan fingerprint density at radius 3 is 1.68 bits per heavy atom. The van der Waals surface area contributed by atoms with E-state index in [2.05, 4.69) is 42.5 Å². The molecule has 0 radical (unpaired) electrons. The monoisotopic (exact) mass is 1020 g/mol. The average molecular weight is 1020 g/mol. The van der Waals surface area contributed by atoms with Gasteiger partial charge in [-0.25, -0.2) is 0 Å². The molecule has 11 amide bonds. The molecule has 11 atom stereocenters. The van der Waals surface area contributed by atoms with Crippen LogP contribution in [0.2, 0.25) is 0 Å². The number of rotatable bonds is 34. The second kappa shape index (κ2) is 32.9. The summed E-state index contributed by atoms with van der Waals surface area (Å²) in [4.78, 5) is 145. The molecule has 0 unspecified atom stereocenters. The van der Waals surface area contributed by atoms with Gasteiger partial charge in [-0.1, -0.05) is 74.7 Å². The highest BCUT2D eigenvalue weighted by Crippen LogP contribution is 2.19. The Balaban J connectivity index is 3.20. The zero-order valence-corrected chi connectivity index (χ0v) is 43.9. The molecule has 0 bridgehead atoms. The lowest BCUT2D eigenvalue weighted by Gasteiger charge is -2.30. The molecule has 1 aliphatic rings. The van der Waals surface area contributed by atoms with Gasteiger partial charge in [0.15, 0.2) is 0 Å². The van der Waals surface area contributed by atoms with E-state index in [-0.39, 0.29) is 55.8 Å². The summed E-state index contributed by atoms with van der Waals surface area (Å²) in [6, 6.07) is -8.57. The molecule has 1 rings (SSSR count). The molecule has 1 aliphatic heterocycles. The lowest BCUT2D eigenvalue weighted by atomic mass is 9.93. The number of aliphatic hydroxyl groups is 1. The quantitative estimate of drug-likeness (QED) is 0.0310. The smallest absolute Gasteiger partial charge is 0.245 e. The van der Waals surface area contributed by atoms with E-state index in [0.29, 0.717) is 58.0 Å². The fraction of sp³-hybridized carbons (Fsp3) is 0.771. The van der Waals surface area contributed by atoms with Gasteiger partial charge < -0.3 is 69.7 Å². The number of carbonyl (C=O) groups is 11. The minimum atomic E-state index is -1.60. The number of primary amides is 2. The fourth-order valence-electron chi connectivity index (χ4n) is 7.97. The summed E-state index contributed by atoms with van der Waals surface area (Å²) in [7, 11) is 0. The SMILES string of the molecule is CC[C@H](C)[C@H](CC(=O)N[C@H](C(=O)N[C@@H](CCC(N)=O)C(=O)N[C@@H](CO)C(=O)N[C@@H](CC(=O)NCC(=O)N[C@H](C(N)=O)[C@@H](C)CC)C(C)C)[C@@H](C)CC)NC(=O)[C@H](CCCCN)NC(=O)[C@@H]1CCCN1C(C)=O. The number of nitrogens with zero attached hydrogens (tertiary/aromatic N) is 1. The third-order valence-corrected chi connectivity index (χ3v) is 13.4. The zero-order valence-electron chi connectivity index (χ0n) is 43.9. The lowest BCUT2D eigenvalue weighted by Crippen LogP contribution is -2.59. The molecule has 410 valence electrons. The first kappa shape index (κ1) is 64.1. The highest BCUT2D eigenvalue weighted by atomic mass is 16.3. The van der Waals surface area contributed by atoms with Crippen molar-refractivity contribution in [2.75, 3.05) is 26.2 Å². The second-order valence-electron chi connectivity index (χ2n) is 19.3. The van der Waals surface area contributed by atoms with E-state index in [1.807, 2.05) is 20.8 Å². The standard InChI is InChI=1S/C48H86N12O12/c1-10-27(6)34(56-44(68)31(16-13-14-20-49)53-47(71)36-17-15-21-60(36)30(9)62)23-39(65)58-42(29(8)12-3)48(72)54-32(18-19-37(50)63)45(69)57-35(25-61)46(70)55-33(26(4)5)22-38(64)52-24-40(66)59-41(43(51)67)28(7)11-2/h26-29,31-36,41-42,61H,10-25,49H2,1-9H3,(H2,50,63)(H2,51,67)(H,52,64)(H,53,71)(H,54,72)(H,55,70)(H,56,68)(H,57,69)(H,58,65)(H,59,66)/t27-,28-,29-,31-,32-,33-,34-,35-,36-,41-,42-/m0/s1. The van der Waals surface area contributed by atoms with Crippen molar-refractivity contribution >= 4 is 65.0 Å². The minimum absolute atomic E-state index is 0.246. The molecule has 72 heavy (non-hydrogen) atoms. The minimum Gasteiger partial charge on any atom is -0.394 e. The van der Waals surface area contributed by atoms with Crippen molar-refractivity contribution in [3.05, 3.63) is 0 Å². The summed E-state index contributed by atoms with van der Waals surface area (Å²) in [6.45, 7) is 15.0. The van der Waals surface area contributed by atoms with Crippen LogP contribution in [0.15, 0.2) is 0 Å². The van der Waals surface area contributed by atoms with E-state index >= 15 is 0 Å². The number of nitrogens with one attached hydrogen (secondary N) is 8. The van der Waals surface area contributed by atoms with Crippen molar-refractivity contribution in [3.8, 4) is 0 Å². The molecule has 0 aliphatic carbocycles. The Bertz CT molecular complexity index is 1850. The highest BCUT2D eigenvalue weighted by Gasteiger charge is 2.37. The predicted octanol–water partition coefficient (Wildman–Crippen LogP) is -2.05. The molecular formula is C48H86N12O12. The van der Waals surface area contributed by atoms with Crippen LogP contribution in [0.4, 0.5) is 0 Å². The van der Waals surface area contributed by atoms with Crippen LogP contribution in [0.1, 0.15) is 139 Å².